The summed E-state index contributed by atoms with van der Waals surface area (Å²) in [4.78, 5) is 18.9. The zero-order valence-electron chi connectivity index (χ0n) is 15.4. The lowest BCUT2D eigenvalue weighted by Gasteiger charge is -2.08. The number of methoxy groups -OCH3 is 1. The van der Waals surface area contributed by atoms with Gasteiger partial charge in [0.1, 0.15) is 5.75 Å². The number of thiazole rings is 1. The summed E-state index contributed by atoms with van der Waals surface area (Å²) in [6.45, 7) is 6.96. The first-order valence-corrected chi connectivity index (χ1v) is 9.35. The third-order valence-electron chi connectivity index (χ3n) is 4.23. The first-order chi connectivity index (χ1) is 12.5. The second kappa shape index (κ2) is 7.70. The van der Waals surface area contributed by atoms with Crippen LogP contribution in [0.2, 0.25) is 0 Å². The highest BCUT2D eigenvalue weighted by Gasteiger charge is 2.13. The fourth-order valence-corrected chi connectivity index (χ4v) is 3.94. The van der Waals surface area contributed by atoms with Gasteiger partial charge in [0.25, 0.3) is 5.91 Å². The van der Waals surface area contributed by atoms with Crippen LogP contribution in [-0.4, -0.2) is 17.6 Å². The summed E-state index contributed by atoms with van der Waals surface area (Å²) in [6.07, 6.45) is 0. The molecule has 0 unspecified atom stereocenters. The van der Waals surface area contributed by atoms with Gasteiger partial charge in [0.05, 0.1) is 12.8 Å². The lowest BCUT2D eigenvalue weighted by Crippen LogP contribution is -2.17. The van der Waals surface area contributed by atoms with Crippen molar-refractivity contribution in [2.24, 2.45) is 4.99 Å². The molecule has 4 nitrogen and oxygen atoms in total. The van der Waals surface area contributed by atoms with Crippen molar-refractivity contribution in [3.63, 3.8) is 0 Å². The first-order valence-electron chi connectivity index (χ1n) is 8.54. The number of benzene rings is 2. The summed E-state index contributed by atoms with van der Waals surface area (Å²) in [6, 6.07) is 15.5. The molecule has 0 aliphatic carbocycles. The van der Waals surface area contributed by atoms with E-state index in [-0.39, 0.29) is 5.91 Å². The summed E-state index contributed by atoms with van der Waals surface area (Å²) in [7, 11) is 1.59. The first kappa shape index (κ1) is 18.1. The minimum Gasteiger partial charge on any atom is -0.497 e. The highest BCUT2D eigenvalue weighted by molar-refractivity contribution is 7.09. The summed E-state index contributed by atoms with van der Waals surface area (Å²) in [5.74, 6) is 0.389. The zero-order chi connectivity index (χ0) is 18.7. The molecular weight excluding hydrogens is 344 g/mol. The number of rotatable bonds is 4. The number of hydrogen-bond donors (Lipinski definition) is 0. The van der Waals surface area contributed by atoms with Crippen molar-refractivity contribution in [1.82, 2.24) is 4.57 Å². The van der Waals surface area contributed by atoms with Crippen LogP contribution in [0.4, 0.5) is 0 Å². The van der Waals surface area contributed by atoms with Crippen LogP contribution in [0.5, 0.6) is 5.75 Å². The molecule has 0 aliphatic heterocycles. The Kier molecular flexibility index (Phi) is 5.38. The average Bonchev–Trinajstić information content (AvgIpc) is 2.97. The molecule has 3 aromatic rings. The van der Waals surface area contributed by atoms with Crippen LogP contribution in [-0.2, 0) is 6.54 Å². The van der Waals surface area contributed by atoms with E-state index in [9.17, 15) is 4.79 Å². The van der Waals surface area contributed by atoms with Crippen LogP contribution in [0.3, 0.4) is 0 Å². The van der Waals surface area contributed by atoms with E-state index in [1.54, 1.807) is 36.6 Å². The fourth-order valence-electron chi connectivity index (χ4n) is 2.88. The molecule has 0 fully saturated rings. The van der Waals surface area contributed by atoms with Crippen molar-refractivity contribution in [2.45, 2.75) is 27.3 Å². The molecule has 2 aromatic carbocycles. The Morgan fingerprint density at radius 2 is 1.88 bits per heavy atom. The molecule has 0 bridgehead atoms. The third-order valence-corrected chi connectivity index (χ3v) is 5.23. The van der Waals surface area contributed by atoms with Crippen LogP contribution in [0.15, 0.2) is 53.5 Å². The molecule has 0 aliphatic rings. The van der Waals surface area contributed by atoms with Crippen molar-refractivity contribution < 1.29 is 9.53 Å². The van der Waals surface area contributed by atoms with Gasteiger partial charge in [-0.1, -0.05) is 35.9 Å². The number of amides is 1. The summed E-state index contributed by atoms with van der Waals surface area (Å²) in [5, 5.41) is 0. The second-order valence-corrected chi connectivity index (χ2v) is 7.23. The van der Waals surface area contributed by atoms with Crippen LogP contribution < -0.4 is 9.54 Å². The quantitative estimate of drug-likeness (QED) is 0.677. The van der Waals surface area contributed by atoms with Gasteiger partial charge in [-0.15, -0.1) is 11.3 Å². The number of aromatic nitrogens is 1. The SMILES string of the molecule is CCn1c(-c2ccc(C)cc2)c(C)sc1=NC(=O)c1cccc(OC)c1. The fraction of sp³-hybridized carbons (Fsp3) is 0.238. The Labute approximate surface area is 157 Å². The Morgan fingerprint density at radius 1 is 1.15 bits per heavy atom. The molecule has 5 heteroatoms. The molecule has 3 rings (SSSR count). The minimum absolute atomic E-state index is 0.261. The van der Waals surface area contributed by atoms with Gasteiger partial charge in [-0.3, -0.25) is 4.79 Å². The molecule has 26 heavy (non-hydrogen) atoms. The van der Waals surface area contributed by atoms with Gasteiger partial charge in [0, 0.05) is 17.0 Å². The lowest BCUT2D eigenvalue weighted by atomic mass is 10.1. The average molecular weight is 366 g/mol. The number of carbonyl (C=O) groups excluding carboxylic acids is 1. The van der Waals surface area contributed by atoms with E-state index in [1.165, 1.54) is 5.56 Å². The summed E-state index contributed by atoms with van der Waals surface area (Å²) >= 11 is 1.54. The topological polar surface area (TPSA) is 43.6 Å². The minimum atomic E-state index is -0.261. The molecule has 1 heterocycles. The second-order valence-electron chi connectivity index (χ2n) is 6.05. The number of hydrogen-bond acceptors (Lipinski definition) is 3. The molecule has 0 atom stereocenters. The van der Waals surface area contributed by atoms with E-state index >= 15 is 0 Å². The molecule has 0 radical (unpaired) electrons. The Bertz CT molecular complexity index is 998. The standard InChI is InChI=1S/C21H22N2O2S/c1-5-23-19(16-11-9-14(2)10-12-16)15(3)26-21(23)22-20(24)17-7-6-8-18(13-17)25-4/h6-13H,5H2,1-4H3. The number of carbonyl (C=O) groups is 1. The lowest BCUT2D eigenvalue weighted by molar-refractivity contribution is 0.0997. The van der Waals surface area contributed by atoms with Gasteiger partial charge in [-0.2, -0.15) is 4.99 Å². The molecule has 0 N–H and O–H groups in total. The Morgan fingerprint density at radius 3 is 2.54 bits per heavy atom. The van der Waals surface area contributed by atoms with E-state index in [0.717, 1.165) is 22.7 Å². The van der Waals surface area contributed by atoms with Crippen LogP contribution in [0.1, 0.15) is 27.7 Å². The van der Waals surface area contributed by atoms with E-state index in [0.29, 0.717) is 16.1 Å². The highest BCUT2D eigenvalue weighted by atomic mass is 32.1. The maximum Gasteiger partial charge on any atom is 0.279 e. The van der Waals surface area contributed by atoms with Gasteiger partial charge in [-0.25, -0.2) is 0 Å². The van der Waals surface area contributed by atoms with Gasteiger partial charge < -0.3 is 9.30 Å². The van der Waals surface area contributed by atoms with Crippen molar-refractivity contribution in [2.75, 3.05) is 7.11 Å². The van der Waals surface area contributed by atoms with Crippen molar-refractivity contribution in [3.8, 4) is 17.0 Å². The Balaban J connectivity index is 2.07. The maximum absolute atomic E-state index is 12.6. The molecular formula is C21H22N2O2S. The van der Waals surface area contributed by atoms with E-state index in [1.807, 2.05) is 6.07 Å². The van der Waals surface area contributed by atoms with Gasteiger partial charge >= 0.3 is 0 Å². The van der Waals surface area contributed by atoms with Gasteiger partial charge in [0.2, 0.25) is 0 Å². The monoisotopic (exact) mass is 366 g/mol. The molecule has 0 spiro atoms. The van der Waals surface area contributed by atoms with Crippen LogP contribution in [0.25, 0.3) is 11.3 Å². The van der Waals surface area contributed by atoms with Gasteiger partial charge in [-0.05, 0) is 44.5 Å². The zero-order valence-corrected chi connectivity index (χ0v) is 16.3. The smallest absolute Gasteiger partial charge is 0.279 e. The predicted octanol–water partition coefficient (Wildman–Crippen LogP) is 4.60. The third kappa shape index (κ3) is 3.63. The van der Waals surface area contributed by atoms with Crippen LogP contribution in [0, 0.1) is 13.8 Å². The molecule has 134 valence electrons. The van der Waals surface area contributed by atoms with E-state index in [4.69, 9.17) is 4.74 Å². The summed E-state index contributed by atoms with van der Waals surface area (Å²) in [5.41, 5.74) is 4.01. The van der Waals surface area contributed by atoms with Crippen molar-refractivity contribution in [3.05, 3.63) is 69.3 Å². The number of nitrogens with zero attached hydrogens (tertiary/aromatic N) is 2. The van der Waals surface area contributed by atoms with Crippen LogP contribution >= 0.6 is 11.3 Å². The van der Waals surface area contributed by atoms with E-state index in [2.05, 4.69) is 54.6 Å². The molecule has 1 aromatic heterocycles. The molecule has 0 saturated heterocycles. The normalized spacial score (nSPS) is 11.6. The summed E-state index contributed by atoms with van der Waals surface area (Å²) < 4.78 is 7.29. The molecule has 0 saturated carbocycles. The Hall–Kier alpha value is -2.66. The molecule has 1 amide bonds. The van der Waals surface area contributed by atoms with Gasteiger partial charge in [0.15, 0.2) is 4.80 Å². The van der Waals surface area contributed by atoms with E-state index < -0.39 is 0 Å². The van der Waals surface area contributed by atoms with Crippen molar-refractivity contribution in [1.29, 1.82) is 0 Å². The number of ether oxygens (including phenoxy) is 1. The predicted molar refractivity (Wildman–Crippen MR) is 106 cm³/mol. The van der Waals surface area contributed by atoms with Crippen molar-refractivity contribution >= 4 is 17.2 Å². The highest BCUT2D eigenvalue weighted by Crippen LogP contribution is 2.25. The number of aryl methyl sites for hydroxylation is 2. The largest absolute Gasteiger partial charge is 0.497 e. The maximum atomic E-state index is 12.6.